The molecule has 3 nitrogen and oxygen atoms in total. The molecule has 0 radical (unpaired) electrons. The van der Waals surface area contributed by atoms with E-state index in [2.05, 4.69) is 20.6 Å². The molecule has 15 heavy (non-hydrogen) atoms. The van der Waals surface area contributed by atoms with Crippen LogP contribution in [0.15, 0.2) is 18.7 Å². The van der Waals surface area contributed by atoms with Crippen molar-refractivity contribution in [2.45, 2.75) is 31.7 Å². The van der Waals surface area contributed by atoms with Crippen molar-refractivity contribution >= 4 is 0 Å². The summed E-state index contributed by atoms with van der Waals surface area (Å²) in [5, 5.41) is 0. The van der Waals surface area contributed by atoms with Gasteiger partial charge in [-0.1, -0.05) is 0 Å². The normalized spacial score (nSPS) is 31.7. The van der Waals surface area contributed by atoms with E-state index in [0.29, 0.717) is 0 Å². The molecule has 2 fully saturated rings. The lowest BCUT2D eigenvalue weighted by molar-refractivity contribution is 0.128. The second kappa shape index (κ2) is 3.97. The topological polar surface area (TPSA) is 21.1 Å². The van der Waals surface area contributed by atoms with E-state index in [4.69, 9.17) is 0 Å². The fourth-order valence-corrected chi connectivity index (χ4v) is 2.92. The van der Waals surface area contributed by atoms with E-state index in [1.54, 1.807) is 0 Å². The van der Waals surface area contributed by atoms with E-state index in [1.807, 2.05) is 12.5 Å². The monoisotopic (exact) mass is 205 g/mol. The van der Waals surface area contributed by atoms with Crippen LogP contribution < -0.4 is 0 Å². The smallest absolute Gasteiger partial charge is 0.0948 e. The van der Waals surface area contributed by atoms with Crippen LogP contribution in [0, 0.1) is 5.92 Å². The lowest BCUT2D eigenvalue weighted by Gasteiger charge is -2.39. The molecule has 1 aromatic heterocycles. The van der Waals surface area contributed by atoms with Gasteiger partial charge in [-0.05, 0) is 44.7 Å². The van der Waals surface area contributed by atoms with Gasteiger partial charge in [0.05, 0.1) is 6.33 Å². The highest BCUT2D eigenvalue weighted by molar-refractivity contribution is 4.92. The molecule has 0 spiro atoms. The first kappa shape index (κ1) is 9.40. The Morgan fingerprint density at radius 1 is 1.20 bits per heavy atom. The molecule has 1 saturated carbocycles. The summed E-state index contributed by atoms with van der Waals surface area (Å²) in [6, 6.07) is 0.730. The maximum atomic E-state index is 4.14. The summed E-state index contributed by atoms with van der Waals surface area (Å²) in [7, 11) is 0. The van der Waals surface area contributed by atoms with Gasteiger partial charge in [0.25, 0.3) is 0 Å². The number of hydrogen-bond acceptors (Lipinski definition) is 2. The molecular formula is C12H19N3. The van der Waals surface area contributed by atoms with Crippen LogP contribution in [-0.2, 0) is 0 Å². The molecule has 0 bridgehead atoms. The fourth-order valence-electron chi connectivity index (χ4n) is 2.92. The molecule has 3 rings (SSSR count). The van der Waals surface area contributed by atoms with E-state index in [9.17, 15) is 0 Å². The number of aromatic nitrogens is 2. The maximum Gasteiger partial charge on any atom is 0.0948 e. The zero-order chi connectivity index (χ0) is 10.1. The Bertz CT molecular complexity index is 301. The van der Waals surface area contributed by atoms with Crippen LogP contribution in [-0.4, -0.2) is 34.1 Å². The lowest BCUT2D eigenvalue weighted by Crippen LogP contribution is -2.37. The molecule has 2 unspecified atom stereocenters. The van der Waals surface area contributed by atoms with Crippen molar-refractivity contribution in [1.82, 2.24) is 14.5 Å². The molecule has 0 N–H and O–H groups in total. The Kier molecular flexibility index (Phi) is 2.49. The SMILES string of the molecule is c1cn(C2CCC2CN2CCCC2)cn1. The predicted molar refractivity (Wildman–Crippen MR) is 59.7 cm³/mol. The molecule has 1 saturated heterocycles. The van der Waals surface area contributed by atoms with Crippen LogP contribution in [0.3, 0.4) is 0 Å². The highest BCUT2D eigenvalue weighted by atomic mass is 15.2. The highest BCUT2D eigenvalue weighted by Gasteiger charge is 2.33. The van der Waals surface area contributed by atoms with Gasteiger partial charge in [-0.25, -0.2) is 4.98 Å². The molecule has 2 heterocycles. The Morgan fingerprint density at radius 2 is 2.07 bits per heavy atom. The third-order valence-electron chi connectivity index (χ3n) is 3.98. The van der Waals surface area contributed by atoms with Gasteiger partial charge in [0, 0.05) is 25.0 Å². The van der Waals surface area contributed by atoms with Gasteiger partial charge >= 0.3 is 0 Å². The second-order valence-electron chi connectivity index (χ2n) is 4.92. The first-order valence-electron chi connectivity index (χ1n) is 6.13. The van der Waals surface area contributed by atoms with E-state index < -0.39 is 0 Å². The average Bonchev–Trinajstić information content (AvgIpc) is 2.84. The summed E-state index contributed by atoms with van der Waals surface area (Å²) in [4.78, 5) is 6.77. The van der Waals surface area contributed by atoms with Crippen LogP contribution in [0.4, 0.5) is 0 Å². The minimum absolute atomic E-state index is 0.730. The van der Waals surface area contributed by atoms with E-state index in [-0.39, 0.29) is 0 Å². The molecule has 0 amide bonds. The molecular weight excluding hydrogens is 186 g/mol. The quantitative estimate of drug-likeness (QED) is 0.752. The van der Waals surface area contributed by atoms with Gasteiger partial charge in [0.15, 0.2) is 0 Å². The minimum Gasteiger partial charge on any atom is -0.334 e. The van der Waals surface area contributed by atoms with Gasteiger partial charge in [0.2, 0.25) is 0 Å². The molecule has 2 atom stereocenters. The van der Waals surface area contributed by atoms with Crippen LogP contribution in [0.5, 0.6) is 0 Å². The van der Waals surface area contributed by atoms with Crippen molar-refractivity contribution in [2.75, 3.05) is 19.6 Å². The van der Waals surface area contributed by atoms with E-state index in [1.165, 1.54) is 45.3 Å². The Hall–Kier alpha value is -0.830. The van der Waals surface area contributed by atoms with Crippen molar-refractivity contribution in [2.24, 2.45) is 5.92 Å². The van der Waals surface area contributed by atoms with Crippen LogP contribution in [0.1, 0.15) is 31.7 Å². The Labute approximate surface area is 91.1 Å². The second-order valence-corrected chi connectivity index (χ2v) is 4.92. The summed E-state index contributed by atoms with van der Waals surface area (Å²) >= 11 is 0. The molecule has 1 aliphatic carbocycles. The molecule has 82 valence electrons. The molecule has 1 aliphatic heterocycles. The predicted octanol–water partition coefficient (Wildman–Crippen LogP) is 1.93. The number of imidazole rings is 1. The maximum absolute atomic E-state index is 4.14. The number of rotatable bonds is 3. The number of hydrogen-bond donors (Lipinski definition) is 0. The van der Waals surface area contributed by atoms with Gasteiger partial charge < -0.3 is 9.47 Å². The van der Waals surface area contributed by atoms with Crippen molar-refractivity contribution < 1.29 is 0 Å². The summed E-state index contributed by atoms with van der Waals surface area (Å²) in [5.41, 5.74) is 0. The van der Waals surface area contributed by atoms with Crippen LogP contribution >= 0.6 is 0 Å². The molecule has 1 aromatic rings. The van der Waals surface area contributed by atoms with Crippen LogP contribution in [0.2, 0.25) is 0 Å². The first-order valence-corrected chi connectivity index (χ1v) is 6.13. The summed E-state index contributed by atoms with van der Waals surface area (Å²) in [5.74, 6) is 0.872. The van der Waals surface area contributed by atoms with E-state index >= 15 is 0 Å². The zero-order valence-electron chi connectivity index (χ0n) is 9.18. The minimum atomic E-state index is 0.730. The standard InChI is InChI=1S/C12H19N3/c1-2-7-14(6-1)9-11-3-4-12(11)15-8-5-13-10-15/h5,8,10-12H,1-4,6-7,9H2. The third-order valence-corrected chi connectivity index (χ3v) is 3.98. The highest BCUT2D eigenvalue weighted by Crippen LogP contribution is 2.39. The third kappa shape index (κ3) is 1.81. The molecule has 2 aliphatic rings. The number of likely N-dealkylation sites (tertiary alicyclic amines) is 1. The zero-order valence-corrected chi connectivity index (χ0v) is 9.18. The summed E-state index contributed by atoms with van der Waals surface area (Å²) in [6.45, 7) is 3.96. The van der Waals surface area contributed by atoms with Crippen molar-refractivity contribution in [1.29, 1.82) is 0 Å². The molecule has 0 aromatic carbocycles. The van der Waals surface area contributed by atoms with Crippen molar-refractivity contribution in [3.05, 3.63) is 18.7 Å². The van der Waals surface area contributed by atoms with Crippen LogP contribution in [0.25, 0.3) is 0 Å². The van der Waals surface area contributed by atoms with Gasteiger partial charge in [-0.3, -0.25) is 0 Å². The van der Waals surface area contributed by atoms with E-state index in [0.717, 1.165) is 12.0 Å². The largest absolute Gasteiger partial charge is 0.334 e. The first-order chi connectivity index (χ1) is 7.43. The van der Waals surface area contributed by atoms with Gasteiger partial charge in [0.1, 0.15) is 0 Å². The Morgan fingerprint density at radius 3 is 2.67 bits per heavy atom. The Balaban J connectivity index is 1.58. The van der Waals surface area contributed by atoms with Gasteiger partial charge in [-0.2, -0.15) is 0 Å². The average molecular weight is 205 g/mol. The van der Waals surface area contributed by atoms with Gasteiger partial charge in [-0.15, -0.1) is 0 Å². The number of nitrogens with zero attached hydrogens (tertiary/aromatic N) is 3. The van der Waals surface area contributed by atoms with Crippen molar-refractivity contribution in [3.63, 3.8) is 0 Å². The molecule has 3 heteroatoms. The summed E-state index contributed by atoms with van der Waals surface area (Å²) < 4.78 is 2.30. The fraction of sp³-hybridized carbons (Fsp3) is 0.750. The lowest BCUT2D eigenvalue weighted by atomic mass is 9.79. The summed E-state index contributed by atoms with van der Waals surface area (Å²) in [6.07, 6.45) is 11.5. The van der Waals surface area contributed by atoms with Crippen molar-refractivity contribution in [3.8, 4) is 0 Å².